The van der Waals surface area contributed by atoms with Crippen LogP contribution < -0.4 is 0 Å². The van der Waals surface area contributed by atoms with Crippen molar-refractivity contribution in [2.75, 3.05) is 13.1 Å². The van der Waals surface area contributed by atoms with Gasteiger partial charge in [-0.1, -0.05) is 24.3 Å². The Morgan fingerprint density at radius 2 is 1.95 bits per heavy atom. The van der Waals surface area contributed by atoms with Crippen LogP contribution in [0.1, 0.15) is 43.7 Å². The van der Waals surface area contributed by atoms with E-state index >= 15 is 0 Å². The highest BCUT2D eigenvalue weighted by Gasteiger charge is 2.16. The van der Waals surface area contributed by atoms with Gasteiger partial charge in [-0.2, -0.15) is 5.26 Å². The Morgan fingerprint density at radius 3 is 2.47 bits per heavy atom. The van der Waals surface area contributed by atoms with E-state index in [0.29, 0.717) is 12.8 Å². The third kappa shape index (κ3) is 4.10. The van der Waals surface area contributed by atoms with Gasteiger partial charge in [0.1, 0.15) is 0 Å². The molecular weight excluding hydrogens is 236 g/mol. The minimum atomic E-state index is -0.194. The van der Waals surface area contributed by atoms with Crippen LogP contribution in [-0.2, 0) is 4.79 Å². The summed E-state index contributed by atoms with van der Waals surface area (Å²) in [5, 5.41) is 9.29. The van der Waals surface area contributed by atoms with Crippen LogP contribution in [0.5, 0.6) is 0 Å². The molecule has 1 rings (SSSR count). The summed E-state index contributed by atoms with van der Waals surface area (Å²) in [6.07, 6.45) is 1.03. The lowest BCUT2D eigenvalue weighted by Crippen LogP contribution is -2.30. The molecule has 0 fully saturated rings. The maximum Gasteiger partial charge on any atom is 0.222 e. The summed E-state index contributed by atoms with van der Waals surface area (Å²) in [7, 11) is 0. The molecule has 0 aliphatic carbocycles. The lowest BCUT2D eigenvalue weighted by Gasteiger charge is -2.19. The Kier molecular flexibility index (Phi) is 6.08. The minimum absolute atomic E-state index is 0.138. The highest BCUT2D eigenvalue weighted by molar-refractivity contribution is 5.76. The normalized spacial score (nSPS) is 11.7. The Balaban J connectivity index is 2.67. The number of hydrogen-bond donors (Lipinski definition) is 0. The Morgan fingerprint density at radius 1 is 1.32 bits per heavy atom. The van der Waals surface area contributed by atoms with Gasteiger partial charge in [0.15, 0.2) is 0 Å². The summed E-state index contributed by atoms with van der Waals surface area (Å²) >= 11 is 0. The van der Waals surface area contributed by atoms with Gasteiger partial charge in [-0.25, -0.2) is 0 Å². The Hall–Kier alpha value is -1.82. The SMILES string of the molecule is CCN(CC)C(=O)CCC(C#N)c1ccccc1C. The fourth-order valence-corrected chi connectivity index (χ4v) is 2.27. The molecule has 1 aromatic rings. The van der Waals surface area contributed by atoms with E-state index in [1.165, 1.54) is 0 Å². The van der Waals surface area contributed by atoms with E-state index in [1.807, 2.05) is 49.9 Å². The molecule has 0 saturated carbocycles. The molecule has 0 N–H and O–H groups in total. The van der Waals surface area contributed by atoms with Gasteiger partial charge in [0.05, 0.1) is 12.0 Å². The van der Waals surface area contributed by atoms with Crippen molar-refractivity contribution >= 4 is 5.91 Å². The first-order valence-electron chi connectivity index (χ1n) is 6.86. The van der Waals surface area contributed by atoms with Crippen LogP contribution in [-0.4, -0.2) is 23.9 Å². The first-order valence-corrected chi connectivity index (χ1v) is 6.86. The number of nitrogens with zero attached hydrogens (tertiary/aromatic N) is 2. The van der Waals surface area contributed by atoms with Crippen LogP contribution in [0.4, 0.5) is 0 Å². The first-order chi connectivity index (χ1) is 9.13. The zero-order valence-electron chi connectivity index (χ0n) is 12.0. The molecule has 1 atom stereocenters. The van der Waals surface area contributed by atoms with Crippen LogP contribution in [0.2, 0.25) is 0 Å². The van der Waals surface area contributed by atoms with Gasteiger partial charge in [0.25, 0.3) is 0 Å². The molecule has 0 aromatic heterocycles. The van der Waals surface area contributed by atoms with E-state index < -0.39 is 0 Å². The van der Waals surface area contributed by atoms with Crippen molar-refractivity contribution in [3.63, 3.8) is 0 Å². The quantitative estimate of drug-likeness (QED) is 0.786. The number of benzene rings is 1. The maximum atomic E-state index is 12.0. The average molecular weight is 258 g/mol. The number of hydrogen-bond acceptors (Lipinski definition) is 2. The zero-order chi connectivity index (χ0) is 14.3. The summed E-state index contributed by atoms with van der Waals surface area (Å²) in [5.74, 6) is -0.0560. The summed E-state index contributed by atoms with van der Waals surface area (Å²) in [5.41, 5.74) is 2.15. The van der Waals surface area contributed by atoms with E-state index in [0.717, 1.165) is 24.2 Å². The molecule has 0 radical (unpaired) electrons. The third-order valence-electron chi connectivity index (χ3n) is 3.48. The van der Waals surface area contributed by atoms with Gasteiger partial charge >= 0.3 is 0 Å². The van der Waals surface area contributed by atoms with Gasteiger partial charge in [0, 0.05) is 19.5 Å². The number of rotatable bonds is 6. The summed E-state index contributed by atoms with van der Waals surface area (Å²) in [6, 6.07) is 10.2. The number of amides is 1. The fraction of sp³-hybridized carbons (Fsp3) is 0.500. The van der Waals surface area contributed by atoms with E-state index in [2.05, 4.69) is 6.07 Å². The van der Waals surface area contributed by atoms with Crippen LogP contribution in [0, 0.1) is 18.3 Å². The van der Waals surface area contributed by atoms with Crippen LogP contribution >= 0.6 is 0 Å². The molecule has 1 amide bonds. The Labute approximate surface area is 115 Å². The Bertz CT molecular complexity index is 458. The third-order valence-corrected chi connectivity index (χ3v) is 3.48. The monoisotopic (exact) mass is 258 g/mol. The molecule has 0 aliphatic heterocycles. The second-order valence-electron chi connectivity index (χ2n) is 4.64. The highest BCUT2D eigenvalue weighted by atomic mass is 16.2. The number of aryl methyl sites for hydroxylation is 1. The fourth-order valence-electron chi connectivity index (χ4n) is 2.27. The number of carbonyl (C=O) groups is 1. The molecule has 3 nitrogen and oxygen atoms in total. The summed E-state index contributed by atoms with van der Waals surface area (Å²) in [4.78, 5) is 13.8. The van der Waals surface area contributed by atoms with Crippen LogP contribution in [0.3, 0.4) is 0 Å². The van der Waals surface area contributed by atoms with E-state index in [-0.39, 0.29) is 11.8 Å². The highest BCUT2D eigenvalue weighted by Crippen LogP contribution is 2.23. The maximum absolute atomic E-state index is 12.0. The van der Waals surface area contributed by atoms with Crippen molar-refractivity contribution in [3.8, 4) is 6.07 Å². The van der Waals surface area contributed by atoms with Crippen LogP contribution in [0.15, 0.2) is 24.3 Å². The molecule has 0 heterocycles. The van der Waals surface area contributed by atoms with E-state index in [4.69, 9.17) is 0 Å². The predicted octanol–water partition coefficient (Wildman–Crippen LogP) is 3.25. The number of nitriles is 1. The molecule has 102 valence electrons. The molecular formula is C16H22N2O. The molecule has 1 aromatic carbocycles. The molecule has 0 saturated heterocycles. The zero-order valence-corrected chi connectivity index (χ0v) is 12.0. The van der Waals surface area contributed by atoms with Crippen molar-refractivity contribution in [2.24, 2.45) is 0 Å². The largest absolute Gasteiger partial charge is 0.343 e. The van der Waals surface area contributed by atoms with Gasteiger partial charge in [-0.05, 0) is 38.3 Å². The van der Waals surface area contributed by atoms with Crippen molar-refractivity contribution in [2.45, 2.75) is 39.5 Å². The van der Waals surface area contributed by atoms with E-state index in [9.17, 15) is 10.1 Å². The second-order valence-corrected chi connectivity index (χ2v) is 4.64. The van der Waals surface area contributed by atoms with Gasteiger partial charge < -0.3 is 4.90 Å². The molecule has 0 bridgehead atoms. The first kappa shape index (κ1) is 15.2. The van der Waals surface area contributed by atoms with Crippen molar-refractivity contribution in [1.29, 1.82) is 5.26 Å². The van der Waals surface area contributed by atoms with E-state index in [1.54, 1.807) is 0 Å². The predicted molar refractivity (Wildman–Crippen MR) is 76.7 cm³/mol. The smallest absolute Gasteiger partial charge is 0.222 e. The molecule has 0 aliphatic rings. The topological polar surface area (TPSA) is 44.1 Å². The molecule has 19 heavy (non-hydrogen) atoms. The molecule has 1 unspecified atom stereocenters. The van der Waals surface area contributed by atoms with Gasteiger partial charge in [-0.3, -0.25) is 4.79 Å². The summed E-state index contributed by atoms with van der Waals surface area (Å²) in [6.45, 7) is 7.43. The lowest BCUT2D eigenvalue weighted by atomic mass is 9.92. The van der Waals surface area contributed by atoms with Crippen molar-refractivity contribution < 1.29 is 4.79 Å². The lowest BCUT2D eigenvalue weighted by molar-refractivity contribution is -0.130. The minimum Gasteiger partial charge on any atom is -0.343 e. The average Bonchev–Trinajstić information content (AvgIpc) is 2.42. The van der Waals surface area contributed by atoms with Gasteiger partial charge in [-0.15, -0.1) is 0 Å². The second kappa shape index (κ2) is 7.58. The molecule has 0 spiro atoms. The van der Waals surface area contributed by atoms with Gasteiger partial charge in [0.2, 0.25) is 5.91 Å². The molecule has 3 heteroatoms. The number of carbonyl (C=O) groups excluding carboxylic acids is 1. The van der Waals surface area contributed by atoms with Crippen molar-refractivity contribution in [1.82, 2.24) is 4.90 Å². The summed E-state index contributed by atoms with van der Waals surface area (Å²) < 4.78 is 0. The van der Waals surface area contributed by atoms with Crippen molar-refractivity contribution in [3.05, 3.63) is 35.4 Å². The standard InChI is InChI=1S/C16H22N2O/c1-4-18(5-2)16(19)11-10-14(12-17)15-9-7-6-8-13(15)3/h6-9,14H,4-5,10-11H2,1-3H3. The van der Waals surface area contributed by atoms with Crippen LogP contribution in [0.25, 0.3) is 0 Å².